The molecule has 8 atom stereocenters. The Hall–Kier alpha value is -2.84. The molecule has 0 bridgehead atoms. The van der Waals surface area contributed by atoms with E-state index in [0.29, 0.717) is 0 Å². The first kappa shape index (κ1) is 31.1. The van der Waals surface area contributed by atoms with Crippen LogP contribution in [0.1, 0.15) is 78.9 Å². The smallest absolute Gasteiger partial charge is 0.331 e. The standard InChI is InChI=1S/C33H46O8/c1-18(12-13-25(37-7)22-10-9-11-23(34)14-22)30-20(3)31(38-8)29-24(19(2)17-33(5,6)32(29)41-30)15-27(35)40-26-16-28(36)39-21(26)4/h9-11,14-15,18-21,25-26,30-31,34H,12-13,16-17H2,1-8H3/b24-15+/t18-,19+,20+,21+,25-,26+,30+,31+/m0/s1. The Morgan fingerprint density at radius 1 is 1.17 bits per heavy atom. The van der Waals surface area contributed by atoms with Crippen LogP contribution < -0.4 is 0 Å². The van der Waals surface area contributed by atoms with Gasteiger partial charge in [0.25, 0.3) is 0 Å². The van der Waals surface area contributed by atoms with E-state index in [2.05, 4.69) is 34.6 Å². The third kappa shape index (κ3) is 6.64. The summed E-state index contributed by atoms with van der Waals surface area (Å²) in [6.45, 7) is 12.6. The summed E-state index contributed by atoms with van der Waals surface area (Å²) >= 11 is 0. The van der Waals surface area contributed by atoms with Gasteiger partial charge in [0, 0.05) is 37.2 Å². The van der Waals surface area contributed by atoms with Crippen molar-refractivity contribution >= 4 is 11.9 Å². The van der Waals surface area contributed by atoms with Crippen molar-refractivity contribution in [2.45, 2.75) is 97.7 Å². The zero-order valence-corrected chi connectivity index (χ0v) is 25.6. The molecule has 1 aromatic carbocycles. The molecule has 8 nitrogen and oxygen atoms in total. The van der Waals surface area contributed by atoms with E-state index in [9.17, 15) is 14.7 Å². The number of benzene rings is 1. The van der Waals surface area contributed by atoms with Crippen LogP contribution in [0, 0.1) is 23.2 Å². The molecular weight excluding hydrogens is 524 g/mol. The summed E-state index contributed by atoms with van der Waals surface area (Å²) in [6.07, 6.45) is 2.55. The van der Waals surface area contributed by atoms with E-state index in [1.165, 1.54) is 0 Å². The number of phenols is 1. The number of rotatable bonds is 9. The lowest BCUT2D eigenvalue weighted by Crippen LogP contribution is -2.47. The third-order valence-corrected chi connectivity index (χ3v) is 9.03. The Labute approximate surface area is 244 Å². The van der Waals surface area contributed by atoms with Crippen LogP contribution in [0.4, 0.5) is 0 Å². The first-order valence-electron chi connectivity index (χ1n) is 14.7. The van der Waals surface area contributed by atoms with Crippen molar-refractivity contribution in [2.75, 3.05) is 14.2 Å². The second-order valence-electron chi connectivity index (χ2n) is 12.7. The summed E-state index contributed by atoms with van der Waals surface area (Å²) in [5.74, 6) is 0.573. The van der Waals surface area contributed by atoms with E-state index >= 15 is 0 Å². The number of hydrogen-bond acceptors (Lipinski definition) is 8. The fraction of sp³-hybridized carbons (Fsp3) is 0.636. The summed E-state index contributed by atoms with van der Waals surface area (Å²) in [5.41, 5.74) is 2.51. The monoisotopic (exact) mass is 570 g/mol. The molecule has 3 aliphatic rings. The van der Waals surface area contributed by atoms with Crippen LogP contribution in [0.5, 0.6) is 5.75 Å². The number of ether oxygens (including phenoxy) is 5. The van der Waals surface area contributed by atoms with Gasteiger partial charge in [-0.05, 0) is 61.3 Å². The van der Waals surface area contributed by atoms with Crippen molar-refractivity contribution < 1.29 is 38.4 Å². The summed E-state index contributed by atoms with van der Waals surface area (Å²) in [4.78, 5) is 24.7. The highest BCUT2D eigenvalue weighted by Crippen LogP contribution is 2.52. The van der Waals surface area contributed by atoms with Gasteiger partial charge in [-0.2, -0.15) is 0 Å². The van der Waals surface area contributed by atoms with Crippen LogP contribution in [0.25, 0.3) is 0 Å². The molecule has 2 aliphatic heterocycles. The van der Waals surface area contributed by atoms with E-state index in [1.807, 2.05) is 12.1 Å². The normalized spacial score (nSPS) is 31.7. The van der Waals surface area contributed by atoms with Crippen LogP contribution in [-0.2, 0) is 33.3 Å². The van der Waals surface area contributed by atoms with Gasteiger partial charge in [0.2, 0.25) is 0 Å². The Balaban J connectivity index is 1.58. The minimum absolute atomic E-state index is 0.0249. The molecule has 0 spiro atoms. The fourth-order valence-electron chi connectivity index (χ4n) is 6.94. The number of methoxy groups -OCH3 is 2. The molecule has 4 rings (SSSR count). The van der Waals surface area contributed by atoms with Gasteiger partial charge in [0.05, 0.1) is 18.6 Å². The van der Waals surface area contributed by atoms with Gasteiger partial charge in [0.1, 0.15) is 29.8 Å². The number of esters is 2. The van der Waals surface area contributed by atoms with Gasteiger partial charge >= 0.3 is 11.9 Å². The van der Waals surface area contributed by atoms with Crippen LogP contribution >= 0.6 is 0 Å². The molecule has 1 aromatic rings. The second-order valence-corrected chi connectivity index (χ2v) is 12.7. The average Bonchev–Trinajstić information content (AvgIpc) is 3.22. The van der Waals surface area contributed by atoms with Gasteiger partial charge in [0.15, 0.2) is 0 Å². The van der Waals surface area contributed by atoms with Crippen molar-refractivity contribution in [3.05, 3.63) is 52.8 Å². The number of carbonyl (C=O) groups is 2. The van der Waals surface area contributed by atoms with Crippen molar-refractivity contribution in [2.24, 2.45) is 23.2 Å². The Kier molecular flexibility index (Phi) is 9.54. The fourth-order valence-corrected chi connectivity index (χ4v) is 6.94. The molecule has 41 heavy (non-hydrogen) atoms. The molecule has 1 aliphatic carbocycles. The number of carbonyl (C=O) groups excluding carboxylic acids is 2. The minimum Gasteiger partial charge on any atom is -0.508 e. The van der Waals surface area contributed by atoms with E-state index in [1.54, 1.807) is 39.4 Å². The number of allylic oxidation sites excluding steroid dienone is 1. The topological polar surface area (TPSA) is 101 Å². The third-order valence-electron chi connectivity index (χ3n) is 9.03. The number of aromatic hydroxyl groups is 1. The average molecular weight is 571 g/mol. The predicted molar refractivity (Wildman–Crippen MR) is 154 cm³/mol. The van der Waals surface area contributed by atoms with Gasteiger partial charge in [-0.3, -0.25) is 4.79 Å². The summed E-state index contributed by atoms with van der Waals surface area (Å²) < 4.78 is 29.6. The maximum atomic E-state index is 13.1. The molecule has 226 valence electrons. The molecule has 1 N–H and O–H groups in total. The lowest BCUT2D eigenvalue weighted by atomic mass is 9.65. The Morgan fingerprint density at radius 2 is 1.90 bits per heavy atom. The van der Waals surface area contributed by atoms with E-state index in [4.69, 9.17) is 23.7 Å². The predicted octanol–water partition coefficient (Wildman–Crippen LogP) is 6.04. The van der Waals surface area contributed by atoms with E-state index in [0.717, 1.165) is 41.7 Å². The molecule has 1 fully saturated rings. The van der Waals surface area contributed by atoms with Crippen molar-refractivity contribution in [3.8, 4) is 5.75 Å². The highest BCUT2D eigenvalue weighted by Gasteiger charge is 2.49. The van der Waals surface area contributed by atoms with Crippen molar-refractivity contribution in [1.29, 1.82) is 0 Å². The zero-order chi connectivity index (χ0) is 30.1. The summed E-state index contributed by atoms with van der Waals surface area (Å²) in [5, 5.41) is 9.93. The molecule has 0 saturated carbocycles. The molecule has 2 heterocycles. The minimum atomic E-state index is -0.587. The molecule has 0 amide bonds. The number of phenolic OH excluding ortho intramolecular Hbond substituents is 1. The van der Waals surface area contributed by atoms with Crippen LogP contribution in [0.15, 0.2) is 47.2 Å². The first-order chi connectivity index (χ1) is 19.4. The van der Waals surface area contributed by atoms with E-state index in [-0.39, 0.29) is 59.6 Å². The van der Waals surface area contributed by atoms with Crippen molar-refractivity contribution in [3.63, 3.8) is 0 Å². The Bertz CT molecular complexity index is 1180. The molecule has 0 aromatic heterocycles. The van der Waals surface area contributed by atoms with Crippen molar-refractivity contribution in [1.82, 2.24) is 0 Å². The summed E-state index contributed by atoms with van der Waals surface area (Å²) in [6, 6.07) is 7.21. The lowest BCUT2D eigenvalue weighted by molar-refractivity contribution is -0.147. The van der Waals surface area contributed by atoms with Crippen LogP contribution in [-0.4, -0.2) is 55.7 Å². The number of hydrogen-bond donors (Lipinski definition) is 1. The first-order valence-corrected chi connectivity index (χ1v) is 14.7. The SMILES string of the molecule is CO[C@@H](CC[C@H](C)[C@H]1OC2=C(/C(=C/C(=O)O[C@@H]3CC(=O)O[C@@H]3C)[C@H](C)CC2(C)C)[C@H](OC)[C@@H]1C)c1cccc(O)c1. The second kappa shape index (κ2) is 12.6. The molecule has 1 saturated heterocycles. The molecule has 0 radical (unpaired) electrons. The molecule has 8 heteroatoms. The zero-order valence-electron chi connectivity index (χ0n) is 25.6. The maximum Gasteiger partial charge on any atom is 0.331 e. The van der Waals surface area contributed by atoms with Gasteiger partial charge in [-0.15, -0.1) is 0 Å². The largest absolute Gasteiger partial charge is 0.508 e. The van der Waals surface area contributed by atoms with Crippen LogP contribution in [0.3, 0.4) is 0 Å². The highest BCUT2D eigenvalue weighted by molar-refractivity contribution is 5.85. The van der Waals surface area contributed by atoms with Gasteiger partial charge in [-0.25, -0.2) is 4.79 Å². The highest BCUT2D eigenvalue weighted by atomic mass is 16.6. The molecule has 0 unspecified atom stereocenters. The number of cyclic esters (lactones) is 1. The Morgan fingerprint density at radius 3 is 2.51 bits per heavy atom. The van der Waals surface area contributed by atoms with Gasteiger partial charge < -0.3 is 28.8 Å². The maximum absolute atomic E-state index is 13.1. The molecular formula is C33H46O8. The quantitative estimate of drug-likeness (QED) is 0.283. The lowest BCUT2D eigenvalue weighted by Gasteiger charge is -2.49. The van der Waals surface area contributed by atoms with E-state index < -0.39 is 18.2 Å². The van der Waals surface area contributed by atoms with Crippen LogP contribution in [0.2, 0.25) is 0 Å². The van der Waals surface area contributed by atoms with Gasteiger partial charge in [-0.1, -0.05) is 46.8 Å². The summed E-state index contributed by atoms with van der Waals surface area (Å²) in [7, 11) is 3.41.